The number of piperazine rings is 1. The summed E-state index contributed by atoms with van der Waals surface area (Å²) < 4.78 is 0. The summed E-state index contributed by atoms with van der Waals surface area (Å²) in [6, 6.07) is 3.98. The van der Waals surface area contributed by atoms with E-state index in [1.807, 2.05) is 18.3 Å². The molecule has 0 amide bonds. The minimum Gasteiger partial charge on any atom is -0.340 e. The Morgan fingerprint density at radius 1 is 1.28 bits per heavy atom. The van der Waals surface area contributed by atoms with Crippen molar-refractivity contribution in [3.8, 4) is 11.3 Å². The summed E-state index contributed by atoms with van der Waals surface area (Å²) in [6.45, 7) is 6.09. The van der Waals surface area contributed by atoms with Crippen LogP contribution in [0.5, 0.6) is 0 Å². The van der Waals surface area contributed by atoms with Gasteiger partial charge in [0.25, 0.3) is 0 Å². The number of nitrogens with one attached hydrogen (secondary N) is 2. The molecule has 2 aromatic rings. The average Bonchev–Trinajstić information content (AvgIpc) is 2.83. The topological polar surface area (TPSA) is 56.8 Å². The minimum atomic E-state index is 0.966. The highest BCUT2D eigenvalue weighted by atomic mass is 15.3. The molecular formula is C13H17N5. The van der Waals surface area contributed by atoms with E-state index in [1.165, 1.54) is 0 Å². The molecule has 0 aromatic carbocycles. The van der Waals surface area contributed by atoms with Crippen molar-refractivity contribution >= 4 is 5.95 Å². The van der Waals surface area contributed by atoms with E-state index in [0.29, 0.717) is 0 Å². The highest BCUT2D eigenvalue weighted by molar-refractivity contribution is 5.63. The Morgan fingerprint density at radius 2 is 2.11 bits per heavy atom. The molecule has 0 bridgehead atoms. The van der Waals surface area contributed by atoms with Crippen LogP contribution in [0.15, 0.2) is 24.5 Å². The van der Waals surface area contributed by atoms with E-state index < -0.39 is 0 Å². The maximum atomic E-state index is 4.71. The van der Waals surface area contributed by atoms with Crippen molar-refractivity contribution in [3.05, 3.63) is 30.2 Å². The molecule has 1 aliphatic heterocycles. The number of hydrogen-bond acceptors (Lipinski definition) is 4. The molecule has 2 N–H and O–H groups in total. The summed E-state index contributed by atoms with van der Waals surface area (Å²) in [5.41, 5.74) is 3.15. The van der Waals surface area contributed by atoms with Crippen molar-refractivity contribution in [2.24, 2.45) is 0 Å². The van der Waals surface area contributed by atoms with Crippen LogP contribution < -0.4 is 10.2 Å². The van der Waals surface area contributed by atoms with Crippen molar-refractivity contribution in [2.45, 2.75) is 6.92 Å². The van der Waals surface area contributed by atoms with E-state index >= 15 is 0 Å². The van der Waals surface area contributed by atoms with Crippen LogP contribution in [0.1, 0.15) is 5.69 Å². The number of aromatic nitrogens is 3. The number of H-pyrrole nitrogens is 1. The second kappa shape index (κ2) is 4.78. The molecule has 2 aromatic heterocycles. The Balaban J connectivity index is 1.91. The van der Waals surface area contributed by atoms with Gasteiger partial charge in [0.1, 0.15) is 0 Å². The molecule has 0 radical (unpaired) electrons. The molecule has 94 valence electrons. The third-order valence-corrected chi connectivity index (χ3v) is 3.22. The second-order valence-corrected chi connectivity index (χ2v) is 4.51. The number of pyridine rings is 1. The maximum Gasteiger partial charge on any atom is 0.203 e. The van der Waals surface area contributed by atoms with E-state index in [1.54, 1.807) is 6.20 Å². The van der Waals surface area contributed by atoms with Crippen LogP contribution in [0.4, 0.5) is 5.95 Å². The molecule has 1 aliphatic rings. The van der Waals surface area contributed by atoms with Crippen LogP contribution >= 0.6 is 0 Å². The molecule has 0 aliphatic carbocycles. The van der Waals surface area contributed by atoms with E-state index in [-0.39, 0.29) is 0 Å². The van der Waals surface area contributed by atoms with Gasteiger partial charge in [0, 0.05) is 49.8 Å². The fourth-order valence-electron chi connectivity index (χ4n) is 2.25. The van der Waals surface area contributed by atoms with Gasteiger partial charge in [-0.15, -0.1) is 0 Å². The van der Waals surface area contributed by atoms with Crippen molar-refractivity contribution < 1.29 is 0 Å². The van der Waals surface area contributed by atoms with Crippen LogP contribution in [0.25, 0.3) is 11.3 Å². The first-order chi connectivity index (χ1) is 8.84. The fourth-order valence-corrected chi connectivity index (χ4v) is 2.25. The molecule has 5 heteroatoms. The first kappa shape index (κ1) is 11.2. The lowest BCUT2D eigenvalue weighted by Crippen LogP contribution is -2.44. The molecule has 0 unspecified atom stereocenters. The number of aryl methyl sites for hydroxylation is 1. The SMILES string of the molecule is Cc1[nH]c(N2CCNCC2)nc1-c1cccnc1. The lowest BCUT2D eigenvalue weighted by molar-refractivity contribution is 0.581. The van der Waals surface area contributed by atoms with Gasteiger partial charge in [0.2, 0.25) is 5.95 Å². The maximum absolute atomic E-state index is 4.71. The monoisotopic (exact) mass is 243 g/mol. The largest absolute Gasteiger partial charge is 0.340 e. The van der Waals surface area contributed by atoms with Gasteiger partial charge in [0.05, 0.1) is 5.69 Å². The normalized spacial score (nSPS) is 15.9. The van der Waals surface area contributed by atoms with E-state index in [4.69, 9.17) is 4.98 Å². The number of rotatable bonds is 2. The number of nitrogens with zero attached hydrogens (tertiary/aromatic N) is 3. The zero-order chi connectivity index (χ0) is 12.4. The Morgan fingerprint density at radius 3 is 2.83 bits per heavy atom. The third-order valence-electron chi connectivity index (χ3n) is 3.22. The predicted octanol–water partition coefficient (Wildman–Crippen LogP) is 1.19. The van der Waals surface area contributed by atoms with Crippen LogP contribution in [0.2, 0.25) is 0 Å². The quantitative estimate of drug-likeness (QED) is 0.832. The van der Waals surface area contributed by atoms with Crippen LogP contribution in [0.3, 0.4) is 0 Å². The Bertz CT molecular complexity index is 513. The molecule has 0 spiro atoms. The fraction of sp³-hybridized carbons (Fsp3) is 0.385. The van der Waals surface area contributed by atoms with E-state index in [9.17, 15) is 0 Å². The molecule has 18 heavy (non-hydrogen) atoms. The van der Waals surface area contributed by atoms with Crippen LogP contribution in [-0.2, 0) is 0 Å². The average molecular weight is 243 g/mol. The summed E-state index contributed by atoms with van der Waals surface area (Å²) in [7, 11) is 0. The summed E-state index contributed by atoms with van der Waals surface area (Å²) in [4.78, 5) is 14.5. The first-order valence-electron chi connectivity index (χ1n) is 6.27. The van der Waals surface area contributed by atoms with Gasteiger partial charge in [-0.1, -0.05) is 0 Å². The van der Waals surface area contributed by atoms with Gasteiger partial charge < -0.3 is 15.2 Å². The highest BCUT2D eigenvalue weighted by Gasteiger charge is 2.16. The molecule has 0 saturated carbocycles. The molecular weight excluding hydrogens is 226 g/mol. The van der Waals surface area contributed by atoms with Gasteiger partial charge in [-0.25, -0.2) is 4.98 Å². The Kier molecular flexibility index (Phi) is 2.98. The Hall–Kier alpha value is -1.88. The van der Waals surface area contributed by atoms with E-state index in [0.717, 1.165) is 49.1 Å². The van der Waals surface area contributed by atoms with Crippen molar-refractivity contribution in [1.29, 1.82) is 0 Å². The minimum absolute atomic E-state index is 0.966. The highest BCUT2D eigenvalue weighted by Crippen LogP contribution is 2.23. The zero-order valence-corrected chi connectivity index (χ0v) is 10.5. The summed E-state index contributed by atoms with van der Waals surface area (Å²) >= 11 is 0. The van der Waals surface area contributed by atoms with Gasteiger partial charge >= 0.3 is 0 Å². The van der Waals surface area contributed by atoms with Crippen molar-refractivity contribution in [3.63, 3.8) is 0 Å². The number of imidazole rings is 1. The second-order valence-electron chi connectivity index (χ2n) is 4.51. The molecule has 0 atom stereocenters. The zero-order valence-electron chi connectivity index (χ0n) is 10.5. The summed E-state index contributed by atoms with van der Waals surface area (Å²) in [6.07, 6.45) is 3.63. The number of aromatic amines is 1. The molecule has 3 heterocycles. The van der Waals surface area contributed by atoms with Gasteiger partial charge in [-0.05, 0) is 19.1 Å². The first-order valence-corrected chi connectivity index (χ1v) is 6.27. The molecule has 1 saturated heterocycles. The summed E-state index contributed by atoms with van der Waals surface area (Å²) in [5.74, 6) is 0.966. The molecule has 3 rings (SSSR count). The third kappa shape index (κ3) is 2.09. The molecule has 5 nitrogen and oxygen atoms in total. The van der Waals surface area contributed by atoms with Crippen molar-refractivity contribution in [2.75, 3.05) is 31.1 Å². The number of hydrogen-bond donors (Lipinski definition) is 2. The standard InChI is InChI=1S/C13H17N5/c1-10-12(11-3-2-4-15-9-11)17-13(16-10)18-7-5-14-6-8-18/h2-4,9,14H,5-8H2,1H3,(H,16,17). The lowest BCUT2D eigenvalue weighted by Gasteiger charge is -2.26. The predicted molar refractivity (Wildman–Crippen MR) is 71.6 cm³/mol. The van der Waals surface area contributed by atoms with Gasteiger partial charge in [0.15, 0.2) is 0 Å². The number of anilines is 1. The molecule has 1 fully saturated rings. The van der Waals surface area contributed by atoms with Crippen molar-refractivity contribution in [1.82, 2.24) is 20.3 Å². The Labute approximate surface area is 106 Å². The van der Waals surface area contributed by atoms with Crippen LogP contribution in [-0.4, -0.2) is 41.1 Å². The van der Waals surface area contributed by atoms with Gasteiger partial charge in [-0.2, -0.15) is 0 Å². The summed E-state index contributed by atoms with van der Waals surface area (Å²) in [5, 5.41) is 3.34. The van der Waals surface area contributed by atoms with Crippen LogP contribution in [0, 0.1) is 6.92 Å². The lowest BCUT2D eigenvalue weighted by atomic mass is 10.2. The van der Waals surface area contributed by atoms with Gasteiger partial charge in [-0.3, -0.25) is 4.98 Å². The smallest absolute Gasteiger partial charge is 0.203 e. The van der Waals surface area contributed by atoms with E-state index in [2.05, 4.69) is 27.1 Å².